The van der Waals surface area contributed by atoms with Crippen LogP contribution in [0.4, 0.5) is 4.79 Å². The van der Waals surface area contributed by atoms with Gasteiger partial charge in [0.2, 0.25) is 5.60 Å². The number of carboxylic acid groups (broad SMARTS) is 1. The zero-order valence-electron chi connectivity index (χ0n) is 17.3. The van der Waals surface area contributed by atoms with Gasteiger partial charge in [0.05, 0.1) is 13.2 Å². The van der Waals surface area contributed by atoms with E-state index in [1.54, 1.807) is 0 Å². The third-order valence-electron chi connectivity index (χ3n) is 8.76. The molecule has 0 radical (unpaired) electrons. The summed E-state index contributed by atoms with van der Waals surface area (Å²) < 4.78 is 10.0. The van der Waals surface area contributed by atoms with Crippen LogP contribution in [-0.4, -0.2) is 46.9 Å². The van der Waals surface area contributed by atoms with Gasteiger partial charge < -0.3 is 19.7 Å². The number of carboxylic acids is 1. The summed E-state index contributed by atoms with van der Waals surface area (Å²) in [6.07, 6.45) is 3.92. The second-order valence-electron chi connectivity index (χ2n) is 9.81. The number of Topliss-reactive ketones (excluding diaryl/α,β-unsaturated/α-hetero) is 1. The lowest BCUT2D eigenvalue weighted by Crippen LogP contribution is -2.62. The first kappa shape index (κ1) is 20.4. The lowest BCUT2D eigenvalue weighted by molar-refractivity contribution is -0.196. The molecule has 4 rings (SSSR count). The molecule has 6 unspecified atom stereocenters. The molecule has 0 spiro atoms. The molecule has 3 fully saturated rings. The molecule has 7 heteroatoms. The summed E-state index contributed by atoms with van der Waals surface area (Å²) in [5.74, 6) is -0.854. The Morgan fingerprint density at radius 2 is 1.97 bits per heavy atom. The van der Waals surface area contributed by atoms with E-state index in [2.05, 4.69) is 17.7 Å². The molecule has 7 nitrogen and oxygen atoms in total. The average molecular weight is 406 g/mol. The van der Waals surface area contributed by atoms with E-state index < -0.39 is 29.2 Å². The molecule has 0 aromatic rings. The number of carbonyl (C=O) groups excluding carboxylic acids is 2. The summed E-state index contributed by atoms with van der Waals surface area (Å²) in [5, 5.41) is 21.4. The van der Waals surface area contributed by atoms with Crippen LogP contribution in [0, 0.1) is 28.6 Å². The van der Waals surface area contributed by atoms with E-state index in [-0.39, 0.29) is 41.8 Å². The number of aliphatic hydroxyl groups is 1. The number of methoxy groups -OCH3 is 1. The van der Waals surface area contributed by atoms with Crippen LogP contribution in [0.25, 0.3) is 0 Å². The number of allylic oxidation sites excluding steroid dienone is 2. The largest absolute Gasteiger partial charge is 0.509 e. The van der Waals surface area contributed by atoms with Gasteiger partial charge in [0.1, 0.15) is 5.78 Å². The van der Waals surface area contributed by atoms with Gasteiger partial charge in [-0.1, -0.05) is 25.5 Å². The normalized spacial score (nSPS) is 46.1. The van der Waals surface area contributed by atoms with Gasteiger partial charge in [-0.25, -0.2) is 9.59 Å². The zero-order valence-corrected chi connectivity index (χ0v) is 17.3. The van der Waals surface area contributed by atoms with Crippen molar-refractivity contribution in [2.24, 2.45) is 28.6 Å². The van der Waals surface area contributed by atoms with Gasteiger partial charge in [0, 0.05) is 18.3 Å². The standard InChI is InChI=1S/C22H30O7/c1-20-8-6-13(23)10-12(20)4-5-14-15-7-9-22(18(25)26,29-19(27)28-3)21(15,2)11-16(24)17(14)20/h4,14-17,24H,5-11H2,1-3H3,(H,25,26)/t14?,15?,16?,17?,20?,21?,22-/m0/s1. The van der Waals surface area contributed by atoms with Crippen molar-refractivity contribution in [3.8, 4) is 0 Å². The van der Waals surface area contributed by atoms with Crippen molar-refractivity contribution in [2.45, 2.75) is 70.5 Å². The van der Waals surface area contributed by atoms with Gasteiger partial charge in [-0.05, 0) is 55.3 Å². The predicted octanol–water partition coefficient (Wildman–Crippen LogP) is 3.10. The number of aliphatic hydroxyl groups excluding tert-OH is 1. The lowest BCUT2D eigenvalue weighted by atomic mass is 9.46. The fourth-order valence-corrected chi connectivity index (χ4v) is 7.34. The highest BCUT2D eigenvalue weighted by Gasteiger charge is 2.71. The number of fused-ring (bicyclic) bond motifs is 5. The highest BCUT2D eigenvalue weighted by molar-refractivity contribution is 5.83. The Hall–Kier alpha value is -1.89. The van der Waals surface area contributed by atoms with Crippen LogP contribution in [-0.2, 0) is 19.1 Å². The second-order valence-corrected chi connectivity index (χ2v) is 9.81. The number of rotatable bonds is 2. The highest BCUT2D eigenvalue weighted by Crippen LogP contribution is 2.67. The zero-order chi connectivity index (χ0) is 21.2. The summed E-state index contributed by atoms with van der Waals surface area (Å²) in [7, 11) is 1.16. The molecule has 0 heterocycles. The minimum atomic E-state index is -1.70. The van der Waals surface area contributed by atoms with Crippen molar-refractivity contribution < 1.29 is 34.1 Å². The molecular weight excluding hydrogens is 376 g/mol. The third kappa shape index (κ3) is 2.62. The molecule has 3 saturated carbocycles. The van der Waals surface area contributed by atoms with E-state index in [1.165, 1.54) is 0 Å². The summed E-state index contributed by atoms with van der Waals surface area (Å²) in [5.41, 5.74) is -1.70. The topological polar surface area (TPSA) is 110 Å². The summed E-state index contributed by atoms with van der Waals surface area (Å²) in [6, 6.07) is 0. The second kappa shape index (κ2) is 6.56. The molecule has 0 aromatic carbocycles. The minimum Gasteiger partial charge on any atom is -0.478 e. The van der Waals surface area contributed by atoms with Gasteiger partial charge in [-0.2, -0.15) is 0 Å². The van der Waals surface area contributed by atoms with Crippen molar-refractivity contribution >= 4 is 17.9 Å². The summed E-state index contributed by atoms with van der Waals surface area (Å²) in [4.78, 5) is 36.3. The average Bonchev–Trinajstić information content (AvgIpc) is 2.94. The lowest BCUT2D eigenvalue weighted by Gasteiger charge is -2.59. The Bertz CT molecular complexity index is 788. The van der Waals surface area contributed by atoms with Crippen LogP contribution in [0.15, 0.2) is 11.6 Å². The number of ketones is 1. The number of ether oxygens (including phenoxy) is 2. The summed E-state index contributed by atoms with van der Waals surface area (Å²) in [6.45, 7) is 3.99. The first-order valence-electron chi connectivity index (χ1n) is 10.5. The maximum Gasteiger partial charge on any atom is 0.509 e. The van der Waals surface area contributed by atoms with E-state index >= 15 is 0 Å². The SMILES string of the molecule is COC(=O)O[C@]1(C(=O)O)CCC2C3CC=C4CC(=O)CCC4(C)C3C(O)CC21C. The molecule has 29 heavy (non-hydrogen) atoms. The number of hydrogen-bond donors (Lipinski definition) is 2. The van der Waals surface area contributed by atoms with Gasteiger partial charge in [0.15, 0.2) is 0 Å². The molecule has 0 amide bonds. The van der Waals surface area contributed by atoms with Crippen LogP contribution < -0.4 is 0 Å². The fourth-order valence-electron chi connectivity index (χ4n) is 7.34. The number of aliphatic carboxylic acids is 1. The van der Waals surface area contributed by atoms with Crippen LogP contribution in [0.3, 0.4) is 0 Å². The monoisotopic (exact) mass is 406 g/mol. The highest BCUT2D eigenvalue weighted by atomic mass is 16.7. The maximum absolute atomic E-state index is 12.4. The smallest absolute Gasteiger partial charge is 0.478 e. The van der Waals surface area contributed by atoms with Crippen LogP contribution >= 0.6 is 0 Å². The quantitative estimate of drug-likeness (QED) is 0.535. The van der Waals surface area contributed by atoms with Crippen molar-refractivity contribution in [3.05, 3.63) is 11.6 Å². The Balaban J connectivity index is 1.74. The van der Waals surface area contributed by atoms with Crippen molar-refractivity contribution in [1.82, 2.24) is 0 Å². The van der Waals surface area contributed by atoms with Gasteiger partial charge in [-0.15, -0.1) is 0 Å². The predicted molar refractivity (Wildman–Crippen MR) is 102 cm³/mol. The fraction of sp³-hybridized carbons (Fsp3) is 0.773. The first-order chi connectivity index (χ1) is 13.6. The third-order valence-corrected chi connectivity index (χ3v) is 8.76. The van der Waals surface area contributed by atoms with E-state index in [0.717, 1.165) is 19.1 Å². The van der Waals surface area contributed by atoms with Crippen LogP contribution in [0.1, 0.15) is 58.8 Å². The molecule has 4 aliphatic rings. The minimum absolute atomic E-state index is 0.00362. The van der Waals surface area contributed by atoms with Gasteiger partial charge in [0.25, 0.3) is 0 Å². The van der Waals surface area contributed by atoms with Gasteiger partial charge >= 0.3 is 12.1 Å². The Labute approximate surface area is 170 Å². The van der Waals surface area contributed by atoms with Gasteiger partial charge in [-0.3, -0.25) is 4.79 Å². The maximum atomic E-state index is 12.4. The molecule has 7 atom stereocenters. The molecule has 0 aromatic heterocycles. The molecule has 0 saturated heterocycles. The molecule has 0 bridgehead atoms. The number of hydrogen-bond acceptors (Lipinski definition) is 6. The Kier molecular flexibility index (Phi) is 4.61. The van der Waals surface area contributed by atoms with Crippen molar-refractivity contribution in [1.29, 1.82) is 0 Å². The molecule has 160 valence electrons. The molecular formula is C22H30O7. The van der Waals surface area contributed by atoms with Crippen molar-refractivity contribution in [2.75, 3.05) is 7.11 Å². The molecule has 2 N–H and O–H groups in total. The van der Waals surface area contributed by atoms with E-state index in [1.807, 2.05) is 6.92 Å². The molecule has 0 aliphatic heterocycles. The van der Waals surface area contributed by atoms with Crippen LogP contribution in [0.5, 0.6) is 0 Å². The van der Waals surface area contributed by atoms with Crippen LogP contribution in [0.2, 0.25) is 0 Å². The number of carbonyl (C=O) groups is 3. The van der Waals surface area contributed by atoms with E-state index in [4.69, 9.17) is 4.74 Å². The Morgan fingerprint density at radius 1 is 1.24 bits per heavy atom. The Morgan fingerprint density at radius 3 is 2.62 bits per heavy atom. The first-order valence-corrected chi connectivity index (χ1v) is 10.5. The van der Waals surface area contributed by atoms with E-state index in [0.29, 0.717) is 25.7 Å². The molecule has 4 aliphatic carbocycles. The van der Waals surface area contributed by atoms with Crippen molar-refractivity contribution in [3.63, 3.8) is 0 Å². The summed E-state index contributed by atoms with van der Waals surface area (Å²) >= 11 is 0. The van der Waals surface area contributed by atoms with E-state index in [9.17, 15) is 24.6 Å².